The van der Waals surface area contributed by atoms with Crippen molar-refractivity contribution in [2.75, 3.05) is 6.54 Å². The molecule has 2 atom stereocenters. The van der Waals surface area contributed by atoms with Gasteiger partial charge in [0.1, 0.15) is 5.75 Å². The van der Waals surface area contributed by atoms with Crippen molar-refractivity contribution >= 4 is 28.5 Å². The lowest BCUT2D eigenvalue weighted by Crippen LogP contribution is -2.44. The van der Waals surface area contributed by atoms with Crippen LogP contribution in [0.2, 0.25) is 0 Å². The molecule has 1 aliphatic rings. The van der Waals surface area contributed by atoms with E-state index in [0.717, 1.165) is 16.5 Å². The fraction of sp³-hybridized carbons (Fsp3) is 0.500. The number of hydrogen-bond donors (Lipinski definition) is 1. The van der Waals surface area contributed by atoms with Crippen molar-refractivity contribution in [1.29, 1.82) is 0 Å². The maximum absolute atomic E-state index is 12.4. The number of nitrogens with zero attached hydrogens (tertiary/aromatic N) is 1. The van der Waals surface area contributed by atoms with Gasteiger partial charge in [-0.1, -0.05) is 6.92 Å². The monoisotopic (exact) mass is 359 g/mol. The molecule has 98 valence electrons. The summed E-state index contributed by atoms with van der Waals surface area (Å²) in [4.78, 5) is 14.4. The molecule has 18 heavy (non-hydrogen) atoms. The highest BCUT2D eigenvalue weighted by Gasteiger charge is 2.27. The third-order valence-electron chi connectivity index (χ3n) is 3.57. The van der Waals surface area contributed by atoms with Gasteiger partial charge >= 0.3 is 0 Å². The number of piperidine rings is 1. The van der Waals surface area contributed by atoms with Crippen LogP contribution in [0.25, 0.3) is 0 Å². The second-order valence-corrected chi connectivity index (χ2v) is 6.32. The van der Waals surface area contributed by atoms with Crippen LogP contribution < -0.4 is 0 Å². The summed E-state index contributed by atoms with van der Waals surface area (Å²) in [5.41, 5.74) is 0.578. The van der Waals surface area contributed by atoms with Crippen LogP contribution in [0.3, 0.4) is 0 Å². The summed E-state index contributed by atoms with van der Waals surface area (Å²) in [6.07, 6.45) is 2.24. The maximum atomic E-state index is 12.4. The fourth-order valence-corrected chi connectivity index (χ4v) is 2.72. The van der Waals surface area contributed by atoms with Crippen molar-refractivity contribution in [3.63, 3.8) is 0 Å². The Morgan fingerprint density at radius 2 is 2.11 bits per heavy atom. The van der Waals surface area contributed by atoms with E-state index in [1.54, 1.807) is 18.2 Å². The van der Waals surface area contributed by atoms with Crippen molar-refractivity contribution in [2.45, 2.75) is 32.7 Å². The number of amides is 1. The number of phenolic OH excluding ortho intramolecular Hbond substituents is 1. The Morgan fingerprint density at radius 3 is 2.78 bits per heavy atom. The van der Waals surface area contributed by atoms with E-state index in [2.05, 4.69) is 36.4 Å². The molecule has 1 saturated heterocycles. The fourth-order valence-electron chi connectivity index (χ4n) is 2.38. The van der Waals surface area contributed by atoms with Gasteiger partial charge in [-0.3, -0.25) is 4.79 Å². The summed E-state index contributed by atoms with van der Waals surface area (Å²) < 4.78 is 0.768. The first-order valence-electron chi connectivity index (χ1n) is 6.28. The van der Waals surface area contributed by atoms with Gasteiger partial charge in [0.15, 0.2) is 0 Å². The number of rotatable bonds is 1. The molecule has 4 heteroatoms. The number of hydrogen-bond acceptors (Lipinski definition) is 2. The van der Waals surface area contributed by atoms with Gasteiger partial charge < -0.3 is 10.0 Å². The molecule has 0 aliphatic carbocycles. The Hall–Kier alpha value is -0.780. The van der Waals surface area contributed by atoms with Gasteiger partial charge in [0.25, 0.3) is 5.91 Å². The quantitative estimate of drug-likeness (QED) is 0.782. The third-order valence-corrected chi connectivity index (χ3v) is 4.48. The standard InChI is InChI=1S/C14H18INO2/c1-9-3-4-10(2)16(8-9)14(18)11-5-6-12(15)13(17)7-11/h5-7,9-10,17H,3-4,8H2,1-2H3. The van der Waals surface area contributed by atoms with Crippen molar-refractivity contribution < 1.29 is 9.90 Å². The van der Waals surface area contributed by atoms with Crippen molar-refractivity contribution in [1.82, 2.24) is 4.90 Å². The molecule has 3 nitrogen and oxygen atoms in total. The van der Waals surface area contributed by atoms with E-state index in [1.165, 1.54) is 6.42 Å². The minimum Gasteiger partial charge on any atom is -0.507 e. The second kappa shape index (κ2) is 5.47. The highest BCUT2D eigenvalue weighted by atomic mass is 127. The Kier molecular flexibility index (Phi) is 4.14. The Balaban J connectivity index is 2.21. The smallest absolute Gasteiger partial charge is 0.254 e. The number of benzene rings is 1. The summed E-state index contributed by atoms with van der Waals surface area (Å²) in [5.74, 6) is 0.766. The van der Waals surface area contributed by atoms with Crippen LogP contribution >= 0.6 is 22.6 Å². The lowest BCUT2D eigenvalue weighted by Gasteiger charge is -2.36. The minimum absolute atomic E-state index is 0.0285. The lowest BCUT2D eigenvalue weighted by molar-refractivity contribution is 0.0573. The predicted molar refractivity (Wildman–Crippen MR) is 79.7 cm³/mol. The van der Waals surface area contributed by atoms with Gasteiger partial charge in [0, 0.05) is 18.2 Å². The van der Waals surface area contributed by atoms with Crippen LogP contribution in [0.5, 0.6) is 5.75 Å². The van der Waals surface area contributed by atoms with Gasteiger partial charge in [-0.15, -0.1) is 0 Å². The molecule has 0 spiro atoms. The molecule has 2 rings (SSSR count). The van der Waals surface area contributed by atoms with Crippen LogP contribution in [-0.4, -0.2) is 28.5 Å². The largest absolute Gasteiger partial charge is 0.507 e. The van der Waals surface area contributed by atoms with Gasteiger partial charge in [0.05, 0.1) is 3.57 Å². The van der Waals surface area contributed by atoms with Crippen LogP contribution in [-0.2, 0) is 0 Å². The summed E-state index contributed by atoms with van der Waals surface area (Å²) in [6, 6.07) is 5.42. The van der Waals surface area contributed by atoms with Gasteiger partial charge in [-0.2, -0.15) is 0 Å². The van der Waals surface area contributed by atoms with E-state index in [9.17, 15) is 9.90 Å². The van der Waals surface area contributed by atoms with Gasteiger partial charge in [-0.25, -0.2) is 0 Å². The van der Waals surface area contributed by atoms with E-state index < -0.39 is 0 Å². The maximum Gasteiger partial charge on any atom is 0.254 e. The summed E-state index contributed by atoms with van der Waals surface area (Å²) in [6.45, 7) is 5.08. The molecular formula is C14H18INO2. The van der Waals surface area contributed by atoms with Crippen LogP contribution in [0.1, 0.15) is 37.0 Å². The van der Waals surface area contributed by atoms with Crippen molar-refractivity contribution in [3.05, 3.63) is 27.3 Å². The van der Waals surface area contributed by atoms with E-state index in [-0.39, 0.29) is 17.7 Å². The highest BCUT2D eigenvalue weighted by Crippen LogP contribution is 2.26. The molecule has 1 fully saturated rings. The zero-order valence-corrected chi connectivity index (χ0v) is 12.8. The number of phenols is 1. The molecule has 1 heterocycles. The van der Waals surface area contributed by atoms with E-state index >= 15 is 0 Å². The van der Waals surface area contributed by atoms with Gasteiger partial charge in [0.2, 0.25) is 0 Å². The Bertz CT molecular complexity index is 461. The zero-order valence-electron chi connectivity index (χ0n) is 10.7. The molecule has 1 N–H and O–H groups in total. The lowest BCUT2D eigenvalue weighted by atomic mass is 9.94. The number of halogens is 1. The first-order valence-corrected chi connectivity index (χ1v) is 7.36. The Labute approximate surface area is 121 Å². The number of carbonyl (C=O) groups is 1. The van der Waals surface area contributed by atoms with Crippen LogP contribution in [0.4, 0.5) is 0 Å². The average molecular weight is 359 g/mol. The molecule has 1 amide bonds. The number of aromatic hydroxyl groups is 1. The van der Waals surface area contributed by atoms with Crippen molar-refractivity contribution in [2.24, 2.45) is 5.92 Å². The van der Waals surface area contributed by atoms with Gasteiger partial charge in [-0.05, 0) is 66.5 Å². The normalized spacial score (nSPS) is 24.1. The summed E-state index contributed by atoms with van der Waals surface area (Å²) in [7, 11) is 0. The summed E-state index contributed by atoms with van der Waals surface area (Å²) >= 11 is 2.05. The average Bonchev–Trinajstić information content (AvgIpc) is 2.35. The molecule has 1 aromatic carbocycles. The van der Waals surface area contributed by atoms with Crippen molar-refractivity contribution in [3.8, 4) is 5.75 Å². The first kappa shape index (κ1) is 13.6. The molecule has 0 radical (unpaired) electrons. The predicted octanol–water partition coefficient (Wildman–Crippen LogP) is 3.26. The third kappa shape index (κ3) is 2.79. The van der Waals surface area contributed by atoms with E-state index in [1.807, 2.05) is 4.90 Å². The number of likely N-dealkylation sites (tertiary alicyclic amines) is 1. The van der Waals surface area contributed by atoms with Crippen LogP contribution in [0.15, 0.2) is 18.2 Å². The Morgan fingerprint density at radius 1 is 1.39 bits per heavy atom. The molecule has 2 unspecified atom stereocenters. The molecule has 0 bridgehead atoms. The first-order chi connectivity index (χ1) is 8.49. The molecule has 1 aliphatic heterocycles. The van der Waals surface area contributed by atoms with Crippen LogP contribution in [0, 0.1) is 9.49 Å². The van der Waals surface area contributed by atoms with E-state index in [4.69, 9.17) is 0 Å². The molecular weight excluding hydrogens is 341 g/mol. The van der Waals surface area contributed by atoms with E-state index in [0.29, 0.717) is 11.5 Å². The zero-order chi connectivity index (χ0) is 13.3. The topological polar surface area (TPSA) is 40.5 Å². The minimum atomic E-state index is 0.0285. The SMILES string of the molecule is CC1CCC(C)N(C(=O)c2ccc(I)c(O)c2)C1. The second-order valence-electron chi connectivity index (χ2n) is 5.16. The molecule has 0 aromatic heterocycles. The highest BCUT2D eigenvalue weighted by molar-refractivity contribution is 14.1. The summed E-state index contributed by atoms with van der Waals surface area (Å²) in [5, 5.41) is 9.69. The molecule has 0 saturated carbocycles. The molecule has 1 aromatic rings. The number of carbonyl (C=O) groups excluding carboxylic acids is 1.